The van der Waals surface area contributed by atoms with Crippen molar-refractivity contribution < 1.29 is 9.32 Å². The summed E-state index contributed by atoms with van der Waals surface area (Å²) in [7, 11) is 0. The van der Waals surface area contributed by atoms with E-state index in [1.165, 1.54) is 0 Å². The Morgan fingerprint density at radius 3 is 2.84 bits per heavy atom. The van der Waals surface area contributed by atoms with Gasteiger partial charge in [-0.05, 0) is 40.2 Å². The van der Waals surface area contributed by atoms with Gasteiger partial charge in [0.1, 0.15) is 0 Å². The fourth-order valence-electron chi connectivity index (χ4n) is 2.14. The van der Waals surface area contributed by atoms with E-state index in [4.69, 9.17) is 0 Å². The van der Waals surface area contributed by atoms with Crippen molar-refractivity contribution in [2.45, 2.75) is 11.3 Å². The van der Waals surface area contributed by atoms with Gasteiger partial charge in [0.2, 0.25) is 5.91 Å². The normalized spacial score (nSPS) is 10.6. The third kappa shape index (κ3) is 4.83. The van der Waals surface area contributed by atoms with Crippen LogP contribution in [0.25, 0.3) is 11.4 Å². The summed E-state index contributed by atoms with van der Waals surface area (Å²) in [5, 5.41) is 6.48. The quantitative estimate of drug-likeness (QED) is 0.591. The van der Waals surface area contributed by atoms with E-state index < -0.39 is 5.76 Å². The molecule has 3 rings (SSSR count). The van der Waals surface area contributed by atoms with Gasteiger partial charge in [-0.1, -0.05) is 29.4 Å². The Labute approximate surface area is 156 Å². The summed E-state index contributed by atoms with van der Waals surface area (Å²) in [6.45, 7) is 0. The highest BCUT2D eigenvalue weighted by atomic mass is 79.9. The van der Waals surface area contributed by atoms with E-state index in [1.54, 1.807) is 36.0 Å². The van der Waals surface area contributed by atoms with Crippen LogP contribution in [-0.4, -0.2) is 21.8 Å². The van der Waals surface area contributed by atoms with E-state index in [-0.39, 0.29) is 5.91 Å². The van der Waals surface area contributed by atoms with Crippen LogP contribution >= 0.6 is 27.7 Å². The van der Waals surface area contributed by atoms with Gasteiger partial charge < -0.3 is 5.32 Å². The summed E-state index contributed by atoms with van der Waals surface area (Å²) in [5.74, 6) is 0.301. The predicted molar refractivity (Wildman–Crippen MR) is 101 cm³/mol. The van der Waals surface area contributed by atoms with Gasteiger partial charge in [0.15, 0.2) is 5.82 Å². The first-order valence-electron chi connectivity index (χ1n) is 7.45. The van der Waals surface area contributed by atoms with Gasteiger partial charge in [-0.2, -0.15) is 0 Å². The van der Waals surface area contributed by atoms with Crippen LogP contribution in [-0.2, 0) is 4.79 Å². The average molecular weight is 420 g/mol. The third-order valence-electron chi connectivity index (χ3n) is 3.28. The first kappa shape index (κ1) is 17.5. The number of carbonyl (C=O) groups excluding carboxylic acids is 1. The summed E-state index contributed by atoms with van der Waals surface area (Å²) < 4.78 is 5.51. The zero-order valence-electron chi connectivity index (χ0n) is 13.0. The summed E-state index contributed by atoms with van der Waals surface area (Å²) in [4.78, 5) is 26.7. The SMILES string of the molecule is O=C(CCSc1ccccc1Br)Nc1cccc(-c2noc(=O)[nH]2)c1. The molecule has 25 heavy (non-hydrogen) atoms. The standard InChI is InChI=1S/C17H14BrN3O3S/c18-13-6-1-2-7-14(13)25-9-8-15(22)19-12-5-3-4-11(10-12)16-20-17(23)24-21-16/h1-7,10H,8-9H2,(H,19,22)(H,20,21,23). The van der Waals surface area contributed by atoms with Gasteiger partial charge in [-0.15, -0.1) is 11.8 Å². The maximum atomic E-state index is 12.1. The fourth-order valence-corrected chi connectivity index (χ4v) is 3.65. The Kier molecular flexibility index (Phi) is 5.72. The fraction of sp³-hybridized carbons (Fsp3) is 0.118. The highest BCUT2D eigenvalue weighted by Crippen LogP contribution is 2.27. The molecule has 0 spiro atoms. The lowest BCUT2D eigenvalue weighted by Crippen LogP contribution is -2.12. The van der Waals surface area contributed by atoms with E-state index in [2.05, 4.69) is 35.9 Å². The summed E-state index contributed by atoms with van der Waals surface area (Å²) in [6.07, 6.45) is 0.386. The van der Waals surface area contributed by atoms with Crippen LogP contribution in [0.4, 0.5) is 5.69 Å². The largest absolute Gasteiger partial charge is 0.439 e. The monoisotopic (exact) mass is 419 g/mol. The van der Waals surface area contributed by atoms with Crippen LogP contribution < -0.4 is 11.1 Å². The maximum Gasteiger partial charge on any atom is 0.439 e. The number of hydrogen-bond donors (Lipinski definition) is 2. The lowest BCUT2D eigenvalue weighted by atomic mass is 10.2. The molecule has 8 heteroatoms. The first-order valence-corrected chi connectivity index (χ1v) is 9.23. The van der Waals surface area contributed by atoms with E-state index in [9.17, 15) is 9.59 Å². The molecule has 0 fully saturated rings. The highest BCUT2D eigenvalue weighted by molar-refractivity contribution is 9.10. The van der Waals surface area contributed by atoms with Crippen molar-refractivity contribution in [3.8, 4) is 11.4 Å². The lowest BCUT2D eigenvalue weighted by molar-refractivity contribution is -0.115. The molecule has 1 aromatic heterocycles. The van der Waals surface area contributed by atoms with E-state index in [1.807, 2.05) is 24.3 Å². The molecule has 0 atom stereocenters. The summed E-state index contributed by atoms with van der Waals surface area (Å²) >= 11 is 5.11. The Morgan fingerprint density at radius 2 is 2.08 bits per heavy atom. The van der Waals surface area contributed by atoms with Crippen molar-refractivity contribution in [3.05, 3.63) is 63.6 Å². The first-order chi connectivity index (χ1) is 12.1. The Bertz CT molecular complexity index is 938. The van der Waals surface area contributed by atoms with Crippen LogP contribution in [0.15, 0.2) is 67.2 Å². The van der Waals surface area contributed by atoms with Gasteiger partial charge in [-0.25, -0.2) is 4.79 Å². The second-order valence-electron chi connectivity index (χ2n) is 5.10. The topological polar surface area (TPSA) is 88.0 Å². The number of hydrogen-bond acceptors (Lipinski definition) is 5. The molecular weight excluding hydrogens is 406 g/mol. The molecule has 0 radical (unpaired) electrons. The molecule has 0 saturated heterocycles. The molecule has 128 valence electrons. The molecule has 0 aliphatic rings. The minimum absolute atomic E-state index is 0.0784. The second kappa shape index (κ2) is 8.17. The molecule has 1 heterocycles. The third-order valence-corrected chi connectivity index (χ3v) is 5.31. The number of H-pyrrole nitrogens is 1. The van der Waals surface area contributed by atoms with E-state index in [0.717, 1.165) is 9.37 Å². The Morgan fingerprint density at radius 1 is 1.24 bits per heavy atom. The van der Waals surface area contributed by atoms with Crippen molar-refractivity contribution in [2.24, 2.45) is 0 Å². The molecule has 2 aromatic carbocycles. The molecule has 6 nitrogen and oxygen atoms in total. The van der Waals surface area contributed by atoms with E-state index >= 15 is 0 Å². The molecule has 2 N–H and O–H groups in total. The van der Waals surface area contributed by atoms with Crippen LogP contribution in [0, 0.1) is 0 Å². The number of nitrogens with one attached hydrogen (secondary N) is 2. The number of anilines is 1. The number of benzene rings is 2. The second-order valence-corrected chi connectivity index (χ2v) is 7.09. The van der Waals surface area contributed by atoms with Crippen LogP contribution in [0.5, 0.6) is 0 Å². The molecular formula is C17H14BrN3O3S. The Balaban J connectivity index is 1.56. The number of nitrogens with zero attached hydrogens (tertiary/aromatic N) is 1. The van der Waals surface area contributed by atoms with Gasteiger partial charge in [0, 0.05) is 32.8 Å². The smallest absolute Gasteiger partial charge is 0.326 e. The molecule has 0 aliphatic carbocycles. The Hall–Kier alpha value is -2.32. The van der Waals surface area contributed by atoms with Crippen LogP contribution in [0.2, 0.25) is 0 Å². The number of thioether (sulfide) groups is 1. The number of rotatable bonds is 6. The lowest BCUT2D eigenvalue weighted by Gasteiger charge is -2.07. The summed E-state index contributed by atoms with van der Waals surface area (Å²) in [5.41, 5.74) is 1.29. The number of carbonyl (C=O) groups is 1. The van der Waals surface area contributed by atoms with Crippen molar-refractivity contribution in [2.75, 3.05) is 11.1 Å². The van der Waals surface area contributed by atoms with Gasteiger partial charge in [0.05, 0.1) is 0 Å². The van der Waals surface area contributed by atoms with Crippen molar-refractivity contribution >= 4 is 39.3 Å². The van der Waals surface area contributed by atoms with Crippen molar-refractivity contribution in [1.82, 2.24) is 10.1 Å². The van der Waals surface area contributed by atoms with Crippen molar-refractivity contribution in [3.63, 3.8) is 0 Å². The zero-order chi connectivity index (χ0) is 17.6. The molecule has 0 saturated carbocycles. The number of aromatic amines is 1. The molecule has 1 amide bonds. The van der Waals surface area contributed by atoms with Gasteiger partial charge >= 0.3 is 5.76 Å². The van der Waals surface area contributed by atoms with E-state index in [0.29, 0.717) is 29.2 Å². The van der Waals surface area contributed by atoms with Crippen LogP contribution in [0.1, 0.15) is 6.42 Å². The molecule has 0 aliphatic heterocycles. The number of halogens is 1. The summed E-state index contributed by atoms with van der Waals surface area (Å²) in [6, 6.07) is 15.0. The molecule has 0 bridgehead atoms. The minimum Gasteiger partial charge on any atom is -0.326 e. The number of aromatic nitrogens is 2. The molecule has 0 unspecified atom stereocenters. The zero-order valence-corrected chi connectivity index (χ0v) is 15.4. The maximum absolute atomic E-state index is 12.1. The minimum atomic E-state index is -0.617. The van der Waals surface area contributed by atoms with Crippen LogP contribution in [0.3, 0.4) is 0 Å². The highest BCUT2D eigenvalue weighted by Gasteiger charge is 2.08. The van der Waals surface area contributed by atoms with Gasteiger partial charge in [0.25, 0.3) is 0 Å². The average Bonchev–Trinajstić information content (AvgIpc) is 3.03. The van der Waals surface area contributed by atoms with Gasteiger partial charge in [-0.3, -0.25) is 14.3 Å². The van der Waals surface area contributed by atoms with Crippen molar-refractivity contribution in [1.29, 1.82) is 0 Å². The predicted octanol–water partition coefficient (Wildman–Crippen LogP) is 3.91. The number of amides is 1. The molecule has 3 aromatic rings.